The van der Waals surface area contributed by atoms with Crippen LogP contribution in [-0.2, 0) is 11.2 Å². The van der Waals surface area contributed by atoms with Gasteiger partial charge in [-0.1, -0.05) is 13.8 Å². The Morgan fingerprint density at radius 1 is 1.47 bits per heavy atom. The third kappa shape index (κ3) is 3.60. The molecule has 1 aromatic rings. The van der Waals surface area contributed by atoms with Crippen LogP contribution < -0.4 is 5.32 Å². The van der Waals surface area contributed by atoms with Gasteiger partial charge in [-0.2, -0.15) is 0 Å². The van der Waals surface area contributed by atoms with Gasteiger partial charge in [-0.25, -0.2) is 0 Å². The van der Waals surface area contributed by atoms with Gasteiger partial charge in [0.25, 0.3) is 0 Å². The first-order valence-electron chi connectivity index (χ1n) is 7.29. The Morgan fingerprint density at radius 3 is 2.95 bits per heavy atom. The number of amides is 1. The van der Waals surface area contributed by atoms with Crippen molar-refractivity contribution in [1.82, 2.24) is 10.2 Å². The number of furan rings is 1. The van der Waals surface area contributed by atoms with Crippen LogP contribution >= 0.6 is 0 Å². The number of carbonyl (C=O) groups excluding carboxylic acids is 1. The lowest BCUT2D eigenvalue weighted by atomic mass is 10.0. The number of hydrogen-bond acceptors (Lipinski definition) is 3. The van der Waals surface area contributed by atoms with Crippen molar-refractivity contribution >= 4 is 5.91 Å². The first kappa shape index (κ1) is 14.1. The quantitative estimate of drug-likeness (QED) is 0.887. The monoisotopic (exact) mass is 264 g/mol. The summed E-state index contributed by atoms with van der Waals surface area (Å²) in [7, 11) is 0. The number of hydrogen-bond donors (Lipinski definition) is 1. The van der Waals surface area contributed by atoms with E-state index in [1.165, 1.54) is 0 Å². The van der Waals surface area contributed by atoms with Crippen molar-refractivity contribution in [2.75, 3.05) is 13.1 Å². The Kier molecular flexibility index (Phi) is 5.02. The fraction of sp³-hybridized carbons (Fsp3) is 0.667. The summed E-state index contributed by atoms with van der Waals surface area (Å²) in [5.74, 6) is 1.15. The zero-order valence-electron chi connectivity index (χ0n) is 11.9. The summed E-state index contributed by atoms with van der Waals surface area (Å²) in [6, 6.07) is 4.58. The molecular formula is C15H24N2O2. The zero-order valence-corrected chi connectivity index (χ0v) is 11.9. The molecule has 1 aliphatic rings. The summed E-state index contributed by atoms with van der Waals surface area (Å²) in [5, 5.41) is 3.51. The van der Waals surface area contributed by atoms with E-state index >= 15 is 0 Å². The molecule has 2 atom stereocenters. The average molecular weight is 264 g/mol. The largest absolute Gasteiger partial charge is 0.469 e. The number of nitrogens with zero attached hydrogens (tertiary/aromatic N) is 1. The fourth-order valence-corrected chi connectivity index (χ4v) is 2.64. The highest BCUT2D eigenvalue weighted by molar-refractivity contribution is 5.77. The SMILES string of the molecule is CCC1CN(C(=O)CCc2ccco2)C(CC)CN1. The van der Waals surface area contributed by atoms with Crippen LogP contribution in [0.4, 0.5) is 0 Å². The Morgan fingerprint density at radius 2 is 2.32 bits per heavy atom. The fourth-order valence-electron chi connectivity index (χ4n) is 2.64. The minimum absolute atomic E-state index is 0.253. The molecule has 1 amide bonds. The van der Waals surface area contributed by atoms with Gasteiger partial charge in [0.2, 0.25) is 5.91 Å². The van der Waals surface area contributed by atoms with Crippen molar-refractivity contribution in [2.45, 2.75) is 51.6 Å². The van der Waals surface area contributed by atoms with Gasteiger partial charge in [-0.05, 0) is 25.0 Å². The van der Waals surface area contributed by atoms with Gasteiger partial charge in [0, 0.05) is 38.0 Å². The molecule has 2 rings (SSSR count). The standard InChI is InChI=1S/C15H24N2O2/c1-3-12-11-17(13(4-2)10-16-12)15(18)8-7-14-6-5-9-19-14/h5-6,9,12-13,16H,3-4,7-8,10-11H2,1-2H3. The predicted molar refractivity (Wildman–Crippen MR) is 74.9 cm³/mol. The zero-order chi connectivity index (χ0) is 13.7. The second-order valence-electron chi connectivity index (χ2n) is 5.20. The Bertz CT molecular complexity index is 389. The van der Waals surface area contributed by atoms with Gasteiger partial charge in [0.05, 0.1) is 6.26 Å². The molecule has 1 saturated heterocycles. The van der Waals surface area contributed by atoms with Crippen LogP contribution in [-0.4, -0.2) is 36.0 Å². The Labute approximate surface area is 115 Å². The molecule has 19 heavy (non-hydrogen) atoms. The number of piperazine rings is 1. The molecule has 106 valence electrons. The summed E-state index contributed by atoms with van der Waals surface area (Å²) in [4.78, 5) is 14.4. The molecule has 4 nitrogen and oxygen atoms in total. The van der Waals surface area contributed by atoms with Gasteiger partial charge in [0.15, 0.2) is 0 Å². The third-order valence-electron chi connectivity index (χ3n) is 3.95. The minimum Gasteiger partial charge on any atom is -0.469 e. The van der Waals surface area contributed by atoms with Crippen LogP contribution in [0.3, 0.4) is 0 Å². The highest BCUT2D eigenvalue weighted by Gasteiger charge is 2.29. The maximum absolute atomic E-state index is 12.4. The molecule has 2 unspecified atom stereocenters. The summed E-state index contributed by atoms with van der Waals surface area (Å²) >= 11 is 0. The smallest absolute Gasteiger partial charge is 0.223 e. The van der Waals surface area contributed by atoms with Gasteiger partial charge in [0.1, 0.15) is 5.76 Å². The van der Waals surface area contributed by atoms with Gasteiger partial charge >= 0.3 is 0 Å². The molecule has 2 heterocycles. The normalized spacial score (nSPS) is 23.6. The molecule has 0 radical (unpaired) electrons. The van der Waals surface area contributed by atoms with E-state index in [-0.39, 0.29) is 5.91 Å². The van der Waals surface area contributed by atoms with E-state index in [9.17, 15) is 4.79 Å². The van der Waals surface area contributed by atoms with E-state index in [4.69, 9.17) is 4.42 Å². The number of carbonyl (C=O) groups is 1. The summed E-state index contributed by atoms with van der Waals surface area (Å²) in [6.45, 7) is 6.06. The molecule has 0 aromatic carbocycles. The Balaban J connectivity index is 1.90. The topological polar surface area (TPSA) is 45.5 Å². The van der Waals surface area contributed by atoms with Crippen LogP contribution in [0.25, 0.3) is 0 Å². The van der Waals surface area contributed by atoms with Gasteiger partial charge in [-0.3, -0.25) is 4.79 Å². The summed E-state index contributed by atoms with van der Waals surface area (Å²) in [5.41, 5.74) is 0. The van der Waals surface area contributed by atoms with E-state index in [2.05, 4.69) is 24.1 Å². The summed E-state index contributed by atoms with van der Waals surface area (Å²) in [6.07, 6.45) is 4.98. The second-order valence-corrected chi connectivity index (χ2v) is 5.20. The van der Waals surface area contributed by atoms with Crippen LogP contribution in [0, 0.1) is 0 Å². The molecule has 0 bridgehead atoms. The molecule has 0 spiro atoms. The first-order valence-corrected chi connectivity index (χ1v) is 7.29. The van der Waals surface area contributed by atoms with E-state index in [1.807, 2.05) is 12.1 Å². The van der Waals surface area contributed by atoms with Gasteiger partial charge < -0.3 is 14.6 Å². The molecule has 1 fully saturated rings. The van der Waals surface area contributed by atoms with E-state index < -0.39 is 0 Å². The lowest BCUT2D eigenvalue weighted by molar-refractivity contribution is -0.135. The number of aryl methyl sites for hydroxylation is 1. The van der Waals surface area contributed by atoms with Crippen LogP contribution in [0.15, 0.2) is 22.8 Å². The van der Waals surface area contributed by atoms with Crippen molar-refractivity contribution in [2.24, 2.45) is 0 Å². The minimum atomic E-state index is 0.253. The summed E-state index contributed by atoms with van der Waals surface area (Å²) < 4.78 is 5.28. The van der Waals surface area contributed by atoms with E-state index in [0.29, 0.717) is 24.9 Å². The number of nitrogens with one attached hydrogen (secondary N) is 1. The number of rotatable bonds is 5. The maximum Gasteiger partial charge on any atom is 0.223 e. The van der Waals surface area contributed by atoms with Gasteiger partial charge in [-0.15, -0.1) is 0 Å². The first-order chi connectivity index (χ1) is 9.24. The molecule has 1 aromatic heterocycles. The third-order valence-corrected chi connectivity index (χ3v) is 3.95. The van der Waals surface area contributed by atoms with E-state index in [1.54, 1.807) is 6.26 Å². The van der Waals surface area contributed by atoms with Crippen molar-refractivity contribution < 1.29 is 9.21 Å². The molecule has 1 aliphatic heterocycles. The lowest BCUT2D eigenvalue weighted by Gasteiger charge is -2.40. The highest BCUT2D eigenvalue weighted by atomic mass is 16.3. The molecule has 0 aliphatic carbocycles. The van der Waals surface area contributed by atoms with Crippen molar-refractivity contribution in [3.8, 4) is 0 Å². The maximum atomic E-state index is 12.4. The predicted octanol–water partition coefficient (Wildman–Crippen LogP) is 2.20. The average Bonchev–Trinajstić information content (AvgIpc) is 2.97. The van der Waals surface area contributed by atoms with Crippen LogP contribution in [0.5, 0.6) is 0 Å². The van der Waals surface area contributed by atoms with E-state index in [0.717, 1.165) is 31.7 Å². The van der Waals surface area contributed by atoms with Crippen molar-refractivity contribution in [1.29, 1.82) is 0 Å². The van der Waals surface area contributed by atoms with Crippen molar-refractivity contribution in [3.63, 3.8) is 0 Å². The second kappa shape index (κ2) is 6.75. The highest BCUT2D eigenvalue weighted by Crippen LogP contribution is 2.15. The molecule has 1 N–H and O–H groups in total. The molecule has 4 heteroatoms. The van der Waals surface area contributed by atoms with Crippen LogP contribution in [0.2, 0.25) is 0 Å². The Hall–Kier alpha value is -1.29. The van der Waals surface area contributed by atoms with Crippen LogP contribution in [0.1, 0.15) is 38.9 Å². The molecular weight excluding hydrogens is 240 g/mol. The lowest BCUT2D eigenvalue weighted by Crippen LogP contribution is -2.57. The molecule has 0 saturated carbocycles. The van der Waals surface area contributed by atoms with Crippen molar-refractivity contribution in [3.05, 3.63) is 24.2 Å².